The van der Waals surface area contributed by atoms with Crippen molar-refractivity contribution in [2.75, 3.05) is 0 Å². The van der Waals surface area contributed by atoms with Crippen molar-refractivity contribution < 1.29 is 24.6 Å². The first-order chi connectivity index (χ1) is 9.38. The third-order valence-electron chi connectivity index (χ3n) is 2.27. The number of amides is 1. The molecular formula is C13H12BrNO5. The van der Waals surface area contributed by atoms with Crippen molar-refractivity contribution in [1.82, 2.24) is 5.32 Å². The van der Waals surface area contributed by atoms with Gasteiger partial charge in [-0.15, -0.1) is 0 Å². The Morgan fingerprint density at radius 2 is 2.00 bits per heavy atom. The largest absolute Gasteiger partial charge is 0.481 e. The van der Waals surface area contributed by atoms with E-state index in [1.165, 1.54) is 6.08 Å². The molecule has 0 radical (unpaired) electrons. The summed E-state index contributed by atoms with van der Waals surface area (Å²) in [5.41, 5.74) is 0.750. The second-order valence-corrected chi connectivity index (χ2v) is 4.80. The first kappa shape index (κ1) is 15.9. The molecule has 7 heteroatoms. The van der Waals surface area contributed by atoms with Crippen molar-refractivity contribution in [3.8, 4) is 0 Å². The van der Waals surface area contributed by atoms with Crippen LogP contribution in [0.15, 0.2) is 34.8 Å². The Balaban J connectivity index is 2.66. The van der Waals surface area contributed by atoms with Gasteiger partial charge in [0.1, 0.15) is 6.04 Å². The molecule has 0 aliphatic carbocycles. The highest BCUT2D eigenvalue weighted by molar-refractivity contribution is 9.10. The molecule has 0 spiro atoms. The van der Waals surface area contributed by atoms with Gasteiger partial charge in [0.2, 0.25) is 5.91 Å². The number of rotatable bonds is 6. The van der Waals surface area contributed by atoms with E-state index < -0.39 is 30.3 Å². The van der Waals surface area contributed by atoms with Crippen LogP contribution < -0.4 is 5.32 Å². The van der Waals surface area contributed by atoms with Gasteiger partial charge in [-0.3, -0.25) is 9.59 Å². The zero-order valence-electron chi connectivity index (χ0n) is 10.2. The van der Waals surface area contributed by atoms with Crippen molar-refractivity contribution in [2.24, 2.45) is 0 Å². The van der Waals surface area contributed by atoms with Crippen LogP contribution in [0.4, 0.5) is 0 Å². The second-order valence-electron chi connectivity index (χ2n) is 3.89. The summed E-state index contributed by atoms with van der Waals surface area (Å²) in [7, 11) is 0. The van der Waals surface area contributed by atoms with E-state index in [9.17, 15) is 14.4 Å². The zero-order chi connectivity index (χ0) is 15.1. The summed E-state index contributed by atoms with van der Waals surface area (Å²) in [5.74, 6) is -3.36. The highest BCUT2D eigenvalue weighted by atomic mass is 79.9. The van der Waals surface area contributed by atoms with E-state index in [4.69, 9.17) is 10.2 Å². The Kier molecular flexibility index (Phi) is 5.92. The van der Waals surface area contributed by atoms with E-state index in [1.54, 1.807) is 18.2 Å². The van der Waals surface area contributed by atoms with Crippen LogP contribution in [0.25, 0.3) is 6.08 Å². The fraction of sp³-hybridized carbons (Fsp3) is 0.154. The molecule has 106 valence electrons. The van der Waals surface area contributed by atoms with Crippen molar-refractivity contribution in [2.45, 2.75) is 12.5 Å². The molecule has 0 fully saturated rings. The number of carboxylic acids is 2. The molecule has 0 aliphatic rings. The van der Waals surface area contributed by atoms with Gasteiger partial charge < -0.3 is 15.5 Å². The molecule has 1 amide bonds. The van der Waals surface area contributed by atoms with Gasteiger partial charge in [0, 0.05) is 10.5 Å². The number of nitrogens with one attached hydrogen (secondary N) is 1. The lowest BCUT2D eigenvalue weighted by atomic mass is 10.2. The van der Waals surface area contributed by atoms with E-state index in [0.29, 0.717) is 0 Å². The number of hydrogen-bond acceptors (Lipinski definition) is 3. The summed E-state index contributed by atoms with van der Waals surface area (Å²) in [5, 5.41) is 19.4. The van der Waals surface area contributed by atoms with Gasteiger partial charge in [0.25, 0.3) is 0 Å². The average molecular weight is 342 g/mol. The highest BCUT2D eigenvalue weighted by Gasteiger charge is 2.21. The topological polar surface area (TPSA) is 104 Å². The molecular weight excluding hydrogens is 330 g/mol. The van der Waals surface area contributed by atoms with Crippen molar-refractivity contribution in [1.29, 1.82) is 0 Å². The summed E-state index contributed by atoms with van der Waals surface area (Å²) in [6, 6.07) is 5.69. The predicted octanol–water partition coefficient (Wildman–Crippen LogP) is 1.51. The number of carboxylic acid groups (broad SMARTS) is 2. The monoisotopic (exact) mass is 341 g/mol. The molecule has 0 bridgehead atoms. The summed E-state index contributed by atoms with van der Waals surface area (Å²) >= 11 is 3.28. The van der Waals surface area contributed by atoms with E-state index in [0.717, 1.165) is 16.1 Å². The molecule has 1 rings (SSSR count). The minimum absolute atomic E-state index is 0.668. The fourth-order valence-corrected chi connectivity index (χ4v) is 1.79. The minimum atomic E-state index is -1.45. The van der Waals surface area contributed by atoms with E-state index in [2.05, 4.69) is 21.2 Å². The number of carbonyl (C=O) groups excluding carboxylic acids is 1. The van der Waals surface area contributed by atoms with Crippen LogP contribution in [-0.2, 0) is 14.4 Å². The van der Waals surface area contributed by atoms with E-state index >= 15 is 0 Å². The van der Waals surface area contributed by atoms with Crippen LogP contribution in [-0.4, -0.2) is 34.1 Å². The van der Waals surface area contributed by atoms with Crippen molar-refractivity contribution in [3.63, 3.8) is 0 Å². The minimum Gasteiger partial charge on any atom is -0.481 e. The number of halogens is 1. The third kappa shape index (κ3) is 5.66. The number of hydrogen-bond donors (Lipinski definition) is 3. The molecule has 1 aromatic rings. The highest BCUT2D eigenvalue weighted by Crippen LogP contribution is 2.12. The molecule has 1 aromatic carbocycles. The van der Waals surface area contributed by atoms with Crippen LogP contribution in [0.1, 0.15) is 12.0 Å². The molecule has 0 saturated heterocycles. The Morgan fingerprint density at radius 1 is 1.30 bits per heavy atom. The molecule has 0 saturated carbocycles. The smallest absolute Gasteiger partial charge is 0.326 e. The molecule has 20 heavy (non-hydrogen) atoms. The number of aliphatic carboxylic acids is 2. The van der Waals surface area contributed by atoms with Gasteiger partial charge >= 0.3 is 11.9 Å². The van der Waals surface area contributed by atoms with Gasteiger partial charge in [-0.25, -0.2) is 4.79 Å². The zero-order valence-corrected chi connectivity index (χ0v) is 11.8. The Morgan fingerprint density at radius 3 is 2.55 bits per heavy atom. The molecule has 0 aliphatic heterocycles. The Labute approximate surface area is 123 Å². The molecule has 0 heterocycles. The van der Waals surface area contributed by atoms with Crippen LogP contribution in [0, 0.1) is 0 Å². The average Bonchev–Trinajstić information content (AvgIpc) is 2.35. The second kappa shape index (κ2) is 7.44. The first-order valence-corrected chi connectivity index (χ1v) is 6.36. The number of benzene rings is 1. The van der Waals surface area contributed by atoms with Gasteiger partial charge in [-0.05, 0) is 23.8 Å². The first-order valence-electron chi connectivity index (χ1n) is 5.57. The van der Waals surface area contributed by atoms with Gasteiger partial charge in [0.05, 0.1) is 6.42 Å². The van der Waals surface area contributed by atoms with Gasteiger partial charge in [-0.2, -0.15) is 0 Å². The van der Waals surface area contributed by atoms with E-state index in [-0.39, 0.29) is 0 Å². The Bertz CT molecular complexity index is 555. The molecule has 3 N–H and O–H groups in total. The molecule has 6 nitrogen and oxygen atoms in total. The summed E-state index contributed by atoms with van der Waals surface area (Å²) < 4.78 is 0.842. The molecule has 0 unspecified atom stereocenters. The lowest BCUT2D eigenvalue weighted by Crippen LogP contribution is -2.41. The maximum absolute atomic E-state index is 11.5. The maximum Gasteiger partial charge on any atom is 0.326 e. The van der Waals surface area contributed by atoms with Crippen LogP contribution in [0.3, 0.4) is 0 Å². The molecule has 0 aromatic heterocycles. The van der Waals surface area contributed by atoms with Crippen LogP contribution in [0.2, 0.25) is 0 Å². The Hall–Kier alpha value is -2.15. The maximum atomic E-state index is 11.5. The van der Waals surface area contributed by atoms with E-state index in [1.807, 2.05) is 6.07 Å². The SMILES string of the molecule is O=C(O)C[C@@H](NC(=O)/C=C/c1cccc(Br)c1)C(=O)O. The quantitative estimate of drug-likeness (QED) is 0.680. The van der Waals surface area contributed by atoms with Crippen LogP contribution in [0.5, 0.6) is 0 Å². The van der Waals surface area contributed by atoms with Crippen molar-refractivity contribution >= 4 is 39.9 Å². The molecule has 1 atom stereocenters. The fourth-order valence-electron chi connectivity index (χ4n) is 1.38. The predicted molar refractivity (Wildman–Crippen MR) is 75.0 cm³/mol. The van der Waals surface area contributed by atoms with Crippen molar-refractivity contribution in [3.05, 3.63) is 40.4 Å². The standard InChI is InChI=1S/C13H12BrNO5/c14-9-3-1-2-8(6-9)4-5-11(16)15-10(13(19)20)7-12(17)18/h1-6,10H,7H2,(H,15,16)(H,17,18)(H,19,20)/b5-4+/t10-/m1/s1. The lowest BCUT2D eigenvalue weighted by molar-refractivity contribution is -0.146. The normalized spacial score (nSPS) is 12.1. The van der Waals surface area contributed by atoms with Gasteiger partial charge in [-0.1, -0.05) is 28.1 Å². The summed E-state index contributed by atoms with van der Waals surface area (Å²) in [6.07, 6.45) is 1.98. The third-order valence-corrected chi connectivity index (χ3v) is 2.76. The number of carbonyl (C=O) groups is 3. The summed E-state index contributed by atoms with van der Waals surface area (Å²) in [4.78, 5) is 32.8. The summed E-state index contributed by atoms with van der Waals surface area (Å²) in [6.45, 7) is 0. The lowest BCUT2D eigenvalue weighted by Gasteiger charge is -2.10. The van der Waals surface area contributed by atoms with Gasteiger partial charge in [0.15, 0.2) is 0 Å². The van der Waals surface area contributed by atoms with Crippen LogP contribution >= 0.6 is 15.9 Å².